The van der Waals surface area contributed by atoms with Crippen LogP contribution >= 0.6 is 23.2 Å². The Bertz CT molecular complexity index is 3670. The Morgan fingerprint density at radius 2 is 1.41 bits per heavy atom. The number of amides is 1. The average Bonchev–Trinajstić information content (AvgIpc) is 4.19. The van der Waals surface area contributed by atoms with Crippen molar-refractivity contribution in [1.82, 2.24) is 19.4 Å². The fraction of sp³-hybridized carbons (Fsp3) is 0.288. The molecule has 1 aromatic heterocycles. The zero-order valence-electron chi connectivity index (χ0n) is 45.3. The second-order valence-corrected chi connectivity index (χ2v) is 24.9. The molecule has 2 aliphatic carbocycles. The number of carbonyl (C=O) groups is 1. The van der Waals surface area contributed by atoms with Gasteiger partial charge in [-0.15, -0.1) is 0 Å². The highest BCUT2D eigenvalue weighted by Gasteiger charge is 2.41. The van der Waals surface area contributed by atoms with E-state index in [2.05, 4.69) is 83.0 Å². The van der Waals surface area contributed by atoms with Gasteiger partial charge < -0.3 is 14.4 Å². The van der Waals surface area contributed by atoms with E-state index >= 15 is 4.39 Å². The highest BCUT2D eigenvalue weighted by Crippen LogP contribution is 2.46. The minimum absolute atomic E-state index is 0.0233. The number of alkyl halides is 1. The fourth-order valence-electron chi connectivity index (χ4n) is 11.9. The summed E-state index contributed by atoms with van der Waals surface area (Å²) in [7, 11) is -4.54. The molecule has 1 N–H and O–H groups in total. The van der Waals surface area contributed by atoms with Gasteiger partial charge in [-0.3, -0.25) is 9.69 Å². The van der Waals surface area contributed by atoms with Gasteiger partial charge in [0.05, 0.1) is 38.7 Å². The summed E-state index contributed by atoms with van der Waals surface area (Å²) >= 11 is 12.9. The maximum atomic E-state index is 15.6. The molecule has 2 heterocycles. The lowest BCUT2D eigenvalue weighted by Gasteiger charge is -2.39. The van der Waals surface area contributed by atoms with E-state index in [0.29, 0.717) is 37.1 Å². The van der Waals surface area contributed by atoms with Crippen molar-refractivity contribution >= 4 is 61.3 Å². The molecule has 3 aliphatic rings. The largest absolute Gasteiger partial charge is 0.489 e. The van der Waals surface area contributed by atoms with E-state index in [4.69, 9.17) is 37.8 Å². The zero-order valence-corrected chi connectivity index (χ0v) is 47.7. The van der Waals surface area contributed by atoms with Gasteiger partial charge in [0, 0.05) is 55.4 Å². The first-order valence-electron chi connectivity index (χ1n) is 27.6. The number of carbonyl (C=O) groups excluding carboxylic acids is 1. The molecule has 0 spiro atoms. The number of halogens is 3. The molecule has 1 saturated carbocycles. The lowest BCUT2D eigenvalue weighted by atomic mass is 9.72. The van der Waals surface area contributed by atoms with Crippen molar-refractivity contribution in [1.29, 1.82) is 5.26 Å². The van der Waals surface area contributed by atoms with Gasteiger partial charge in [-0.1, -0.05) is 152 Å². The maximum Gasteiger partial charge on any atom is 0.268 e. The lowest BCUT2D eigenvalue weighted by molar-refractivity contribution is 0.0395. The molecule has 0 atom stereocenters. The van der Waals surface area contributed by atoms with E-state index < -0.39 is 27.1 Å². The molecule has 1 saturated heterocycles. The molecule has 414 valence electrons. The Hall–Kier alpha value is -7.47. The SMILES string of the molecule is CC1(C)CCC(CN2CCN(c3ccc(C(=O)NS(=O)(=O)c4ccc(OC[C@]5(F)CC[C@H](C#N)CC5)c(Cl)c4)c(Oc4cccc5c4cnn5C(c4ccccc4)(c4ccccc4)c4ccccc4)c3)CC2)=C(c2ccc(Cl)cc2)C1. The Labute approximate surface area is 483 Å². The van der Waals surface area contributed by atoms with Crippen molar-refractivity contribution in [2.24, 2.45) is 11.3 Å². The topological polar surface area (TPSA) is 130 Å². The molecule has 15 heteroatoms. The Kier molecular flexibility index (Phi) is 15.9. The summed E-state index contributed by atoms with van der Waals surface area (Å²) in [6.07, 6.45) is 6.12. The number of rotatable bonds is 16. The van der Waals surface area contributed by atoms with E-state index in [-0.39, 0.29) is 57.8 Å². The first-order chi connectivity index (χ1) is 39.1. The number of allylic oxidation sites excluding steroid dienone is 1. The Balaban J connectivity index is 0.912. The summed E-state index contributed by atoms with van der Waals surface area (Å²) in [5.74, 6) is -0.487. The summed E-state index contributed by atoms with van der Waals surface area (Å²) < 4.78 is 60.9. The van der Waals surface area contributed by atoms with Crippen LogP contribution in [0.3, 0.4) is 0 Å². The highest BCUT2D eigenvalue weighted by atomic mass is 35.5. The van der Waals surface area contributed by atoms with Crippen molar-refractivity contribution in [2.75, 3.05) is 44.2 Å². The van der Waals surface area contributed by atoms with Crippen molar-refractivity contribution in [3.8, 4) is 23.3 Å². The number of ether oxygens (including phenoxy) is 2. The molecule has 11 rings (SSSR count). The van der Waals surface area contributed by atoms with Gasteiger partial charge in [0.25, 0.3) is 15.9 Å². The van der Waals surface area contributed by atoms with Crippen molar-refractivity contribution < 1.29 is 27.1 Å². The molecule has 1 amide bonds. The number of fused-ring (bicyclic) bond motifs is 1. The van der Waals surface area contributed by atoms with Crippen LogP contribution in [0.4, 0.5) is 10.1 Å². The second kappa shape index (κ2) is 23.2. The van der Waals surface area contributed by atoms with Gasteiger partial charge in [0.1, 0.15) is 35.1 Å². The maximum absolute atomic E-state index is 15.6. The number of hydrogen-bond acceptors (Lipinski definition) is 9. The van der Waals surface area contributed by atoms with E-state index in [1.165, 1.54) is 34.9 Å². The van der Waals surface area contributed by atoms with Gasteiger partial charge in [-0.2, -0.15) is 10.4 Å². The van der Waals surface area contributed by atoms with Gasteiger partial charge in [0.2, 0.25) is 0 Å². The third kappa shape index (κ3) is 11.7. The minimum atomic E-state index is -4.54. The number of sulfonamides is 1. The smallest absolute Gasteiger partial charge is 0.268 e. The normalized spacial score (nSPS) is 18.8. The summed E-state index contributed by atoms with van der Waals surface area (Å²) in [4.78, 5) is 19.1. The van der Waals surface area contributed by atoms with Crippen LogP contribution in [-0.4, -0.2) is 74.0 Å². The van der Waals surface area contributed by atoms with Crippen molar-refractivity contribution in [3.05, 3.63) is 219 Å². The fourth-order valence-corrected chi connectivity index (χ4v) is 13.3. The Morgan fingerprint density at radius 3 is 2.02 bits per heavy atom. The first-order valence-corrected chi connectivity index (χ1v) is 29.8. The van der Waals surface area contributed by atoms with Gasteiger partial charge in [-0.05, 0) is 133 Å². The number of piperazine rings is 1. The van der Waals surface area contributed by atoms with Gasteiger partial charge >= 0.3 is 0 Å². The van der Waals surface area contributed by atoms with Crippen LogP contribution < -0.4 is 19.1 Å². The molecule has 81 heavy (non-hydrogen) atoms. The lowest BCUT2D eigenvalue weighted by Crippen LogP contribution is -2.47. The summed E-state index contributed by atoms with van der Waals surface area (Å²) in [5.41, 5.74) is 6.20. The Morgan fingerprint density at radius 1 is 0.765 bits per heavy atom. The molecular weight excluding hydrogens is 1080 g/mol. The number of anilines is 1. The van der Waals surface area contributed by atoms with E-state index in [0.717, 1.165) is 71.8 Å². The van der Waals surface area contributed by atoms with Crippen LogP contribution in [0.15, 0.2) is 187 Å². The predicted octanol–water partition coefficient (Wildman–Crippen LogP) is 14.7. The van der Waals surface area contributed by atoms with Crippen LogP contribution in [0.5, 0.6) is 17.2 Å². The number of nitriles is 1. The second-order valence-electron chi connectivity index (χ2n) is 22.4. The molecule has 8 aromatic rings. The summed E-state index contributed by atoms with van der Waals surface area (Å²) in [6, 6.07) is 55.9. The number of nitrogens with one attached hydrogen (secondary N) is 1. The van der Waals surface area contributed by atoms with E-state index in [1.54, 1.807) is 18.3 Å². The van der Waals surface area contributed by atoms with Crippen molar-refractivity contribution in [3.63, 3.8) is 0 Å². The molecule has 7 aromatic carbocycles. The van der Waals surface area contributed by atoms with E-state index in [9.17, 15) is 18.5 Å². The van der Waals surface area contributed by atoms with Gasteiger partial charge in [0.15, 0.2) is 0 Å². The average molecular weight is 1140 g/mol. The number of hydrogen-bond donors (Lipinski definition) is 1. The van der Waals surface area contributed by atoms with E-state index in [1.807, 2.05) is 95.7 Å². The monoisotopic (exact) mass is 1140 g/mol. The van der Waals surface area contributed by atoms with Crippen molar-refractivity contribution in [2.45, 2.75) is 74.9 Å². The molecule has 1 aliphatic heterocycles. The van der Waals surface area contributed by atoms with Crippen LogP contribution in [0.1, 0.15) is 91.4 Å². The quantitative estimate of drug-likeness (QED) is 0.0940. The molecule has 0 unspecified atom stereocenters. The van der Waals surface area contributed by atoms with Crippen LogP contribution in [-0.2, 0) is 15.6 Å². The van der Waals surface area contributed by atoms with Gasteiger partial charge in [-0.25, -0.2) is 22.2 Å². The predicted molar refractivity (Wildman–Crippen MR) is 319 cm³/mol. The molecule has 0 radical (unpaired) electrons. The number of aromatic nitrogens is 2. The van der Waals surface area contributed by atoms with Crippen LogP contribution in [0, 0.1) is 22.7 Å². The summed E-state index contributed by atoms with van der Waals surface area (Å²) in [6.45, 7) is 8.25. The third-order valence-corrected chi connectivity index (χ3v) is 18.3. The molecule has 11 nitrogen and oxygen atoms in total. The zero-order chi connectivity index (χ0) is 56.4. The third-order valence-electron chi connectivity index (χ3n) is 16.4. The standard InChI is InChI=1S/C66H63Cl2FN6O5S/c1-64(2)32-31-48(56(41-64)47-21-23-52(67)24-22-47)44-73-35-37-74(38-36-73)53-25-27-55(63(76)72-81(77,78)54-26-28-61(58(68)40-54)79-45-65(69)33-29-46(42-70)30-34-65)62(39-53)80-60-20-12-19-59-57(60)43-71-75(59)66(49-13-6-3-7-14-49,50-15-8-4-9-16-50)51-17-10-5-11-18-51/h3-28,39-40,43,46H,29-38,41,44-45H2,1-2H3,(H,72,76)/t46-,65-. The van der Waals surface area contributed by atoms with Crippen LogP contribution in [0.25, 0.3) is 16.5 Å². The first kappa shape index (κ1) is 55.4. The summed E-state index contributed by atoms with van der Waals surface area (Å²) in [5, 5.41) is 15.8. The number of nitrogens with zero attached hydrogens (tertiary/aromatic N) is 5. The minimum Gasteiger partial charge on any atom is -0.489 e. The highest BCUT2D eigenvalue weighted by molar-refractivity contribution is 7.90. The number of benzene rings is 7. The molecule has 0 bridgehead atoms. The molecular formula is C66H63Cl2FN6O5S. The van der Waals surface area contributed by atoms with Crippen LogP contribution in [0.2, 0.25) is 10.0 Å². The molecule has 2 fully saturated rings.